The molecule has 0 saturated carbocycles. The molecule has 0 aliphatic carbocycles. The molecule has 0 bridgehead atoms. The van der Waals surface area contributed by atoms with Crippen LogP contribution in [0.5, 0.6) is 5.88 Å². The number of carbonyl (C=O) groups is 1. The van der Waals surface area contributed by atoms with Crippen LogP contribution in [0.4, 0.5) is 0 Å². The third kappa shape index (κ3) is 3.04. The molecule has 1 aromatic carbocycles. The van der Waals surface area contributed by atoms with E-state index in [2.05, 4.69) is 5.10 Å². The van der Waals surface area contributed by atoms with E-state index < -0.39 is 0 Å². The maximum Gasteiger partial charge on any atom is 0.222 e. The van der Waals surface area contributed by atoms with Gasteiger partial charge in [0.2, 0.25) is 5.88 Å². The van der Waals surface area contributed by atoms with Crippen molar-refractivity contribution in [3.05, 3.63) is 51.2 Å². The molecule has 0 saturated heterocycles. The van der Waals surface area contributed by atoms with E-state index in [0.717, 1.165) is 16.7 Å². The molecule has 5 heteroatoms. The average molecular weight is 333 g/mol. The van der Waals surface area contributed by atoms with Crippen molar-refractivity contribution < 1.29 is 9.53 Å². The highest BCUT2D eigenvalue weighted by atomic mass is 35.5. The molecule has 0 unspecified atom stereocenters. The number of hydrogen-bond donors (Lipinski definition) is 0. The largest absolute Gasteiger partial charge is 0.481 e. The number of hydrogen-bond acceptors (Lipinski definition) is 3. The van der Waals surface area contributed by atoms with Crippen molar-refractivity contribution in [1.29, 1.82) is 0 Å². The number of aromatic nitrogens is 2. The normalized spacial score (nSPS) is 10.6. The van der Waals surface area contributed by atoms with Gasteiger partial charge < -0.3 is 4.74 Å². The number of allylic oxidation sites excluding steroid dienone is 2. The van der Waals surface area contributed by atoms with Crippen LogP contribution in [0.1, 0.15) is 47.8 Å². The first-order valence-corrected chi connectivity index (χ1v) is 7.71. The number of nitrogens with zero attached hydrogens (tertiary/aromatic N) is 2. The first-order valence-electron chi connectivity index (χ1n) is 7.33. The number of carbonyl (C=O) groups excluding carboxylic acids is 1. The molecule has 0 fully saturated rings. The Morgan fingerprint density at radius 3 is 2.43 bits per heavy atom. The van der Waals surface area contributed by atoms with Crippen LogP contribution in [-0.2, 0) is 7.05 Å². The van der Waals surface area contributed by atoms with Gasteiger partial charge in [0.25, 0.3) is 0 Å². The zero-order valence-corrected chi connectivity index (χ0v) is 15.1. The third-order valence-corrected chi connectivity index (χ3v) is 4.42. The summed E-state index contributed by atoms with van der Waals surface area (Å²) in [5, 5.41) is 4.75. The summed E-state index contributed by atoms with van der Waals surface area (Å²) in [6.45, 7) is 8.00. The van der Waals surface area contributed by atoms with Crippen molar-refractivity contribution in [2.75, 3.05) is 7.11 Å². The number of ether oxygens (including phenoxy) is 1. The molecular formula is C18H21ClN2O2. The van der Waals surface area contributed by atoms with Gasteiger partial charge in [-0.2, -0.15) is 5.10 Å². The molecule has 0 spiro atoms. The van der Waals surface area contributed by atoms with Gasteiger partial charge in [-0.25, -0.2) is 4.68 Å². The number of methoxy groups -OCH3 is 1. The number of ketones is 1. The summed E-state index contributed by atoms with van der Waals surface area (Å²) in [4.78, 5) is 12.9. The van der Waals surface area contributed by atoms with Gasteiger partial charge in [0.1, 0.15) is 5.56 Å². The first-order chi connectivity index (χ1) is 10.8. The summed E-state index contributed by atoms with van der Waals surface area (Å²) >= 11 is 6.37. The second kappa shape index (κ2) is 6.59. The van der Waals surface area contributed by atoms with E-state index in [1.54, 1.807) is 23.9 Å². The fraction of sp³-hybridized carbons (Fsp3) is 0.333. The Morgan fingerprint density at radius 2 is 1.87 bits per heavy atom. The maximum absolute atomic E-state index is 12.9. The van der Waals surface area contributed by atoms with Crippen LogP contribution in [0.3, 0.4) is 0 Å². The van der Waals surface area contributed by atoms with Crippen molar-refractivity contribution >= 4 is 23.0 Å². The Labute approximate surface area is 141 Å². The Kier molecular flexibility index (Phi) is 4.95. The molecule has 1 aromatic heterocycles. The quantitative estimate of drug-likeness (QED) is 0.778. The van der Waals surface area contributed by atoms with E-state index in [-0.39, 0.29) is 5.78 Å². The highest BCUT2D eigenvalue weighted by molar-refractivity contribution is 6.32. The Morgan fingerprint density at radius 1 is 1.22 bits per heavy atom. The SMILES string of the molecule is COc1c(C(=O)c2ccc(Cl)c(C(C)=C(C)C)c2C)cnn1C. The molecule has 0 radical (unpaired) electrons. The van der Waals surface area contributed by atoms with E-state index >= 15 is 0 Å². The van der Waals surface area contributed by atoms with Crippen molar-refractivity contribution in [2.24, 2.45) is 7.05 Å². The minimum absolute atomic E-state index is 0.119. The van der Waals surface area contributed by atoms with Crippen LogP contribution < -0.4 is 4.74 Å². The second-order valence-electron chi connectivity index (χ2n) is 5.74. The molecule has 2 rings (SSSR count). The van der Waals surface area contributed by atoms with E-state index in [1.807, 2.05) is 27.7 Å². The summed E-state index contributed by atoms with van der Waals surface area (Å²) in [5.41, 5.74) is 5.09. The van der Waals surface area contributed by atoms with E-state index in [4.69, 9.17) is 16.3 Å². The van der Waals surface area contributed by atoms with Gasteiger partial charge in [0.15, 0.2) is 5.78 Å². The molecule has 0 atom stereocenters. The molecular weight excluding hydrogens is 312 g/mol. The van der Waals surface area contributed by atoms with Crippen LogP contribution in [0.25, 0.3) is 5.57 Å². The highest BCUT2D eigenvalue weighted by Crippen LogP contribution is 2.33. The maximum atomic E-state index is 12.9. The van der Waals surface area contributed by atoms with Crippen LogP contribution in [0.2, 0.25) is 5.02 Å². The summed E-state index contributed by atoms with van der Waals surface area (Å²) < 4.78 is 6.82. The van der Waals surface area contributed by atoms with Crippen LogP contribution in [-0.4, -0.2) is 22.7 Å². The summed E-state index contributed by atoms with van der Waals surface area (Å²) in [6.07, 6.45) is 1.53. The lowest BCUT2D eigenvalue weighted by Crippen LogP contribution is -2.07. The Balaban J connectivity index is 2.63. The molecule has 0 N–H and O–H groups in total. The lowest BCUT2D eigenvalue weighted by atomic mass is 9.92. The summed E-state index contributed by atoms with van der Waals surface area (Å²) in [7, 11) is 3.27. The van der Waals surface area contributed by atoms with Gasteiger partial charge in [-0.3, -0.25) is 4.79 Å². The lowest BCUT2D eigenvalue weighted by molar-refractivity contribution is 0.103. The third-order valence-electron chi connectivity index (χ3n) is 4.11. The highest BCUT2D eigenvalue weighted by Gasteiger charge is 2.22. The molecule has 0 aliphatic rings. The molecule has 0 aliphatic heterocycles. The molecule has 23 heavy (non-hydrogen) atoms. The number of rotatable bonds is 4. The predicted octanol–water partition coefficient (Wildman–Crippen LogP) is 4.43. The molecule has 1 heterocycles. The summed E-state index contributed by atoms with van der Waals surface area (Å²) in [5.74, 6) is 0.330. The molecule has 4 nitrogen and oxygen atoms in total. The molecule has 2 aromatic rings. The first kappa shape index (κ1) is 17.3. The van der Waals surface area contributed by atoms with Crippen molar-refractivity contribution in [2.45, 2.75) is 27.7 Å². The molecule has 122 valence electrons. The standard InChI is InChI=1S/C18H21ClN2O2/c1-10(2)11(3)16-12(4)13(7-8-15(16)19)17(22)14-9-20-21(5)18(14)23-6/h7-9H,1-6H3. The van der Waals surface area contributed by atoms with Gasteiger partial charge in [-0.1, -0.05) is 17.2 Å². The van der Waals surface area contributed by atoms with Crippen molar-refractivity contribution in [1.82, 2.24) is 9.78 Å². The molecule has 0 amide bonds. The number of halogens is 1. The van der Waals surface area contributed by atoms with Crippen molar-refractivity contribution in [3.8, 4) is 5.88 Å². The fourth-order valence-electron chi connectivity index (χ4n) is 2.60. The Bertz CT molecular complexity index is 800. The smallest absolute Gasteiger partial charge is 0.222 e. The van der Waals surface area contributed by atoms with Crippen LogP contribution >= 0.6 is 11.6 Å². The average Bonchev–Trinajstić information content (AvgIpc) is 2.87. The number of aryl methyl sites for hydroxylation is 1. The summed E-state index contributed by atoms with van der Waals surface area (Å²) in [6, 6.07) is 3.53. The van der Waals surface area contributed by atoms with E-state index in [0.29, 0.717) is 22.0 Å². The van der Waals surface area contributed by atoms with Gasteiger partial charge in [0.05, 0.1) is 13.3 Å². The zero-order chi connectivity index (χ0) is 17.3. The Hall–Kier alpha value is -2.07. The van der Waals surface area contributed by atoms with Gasteiger partial charge in [-0.15, -0.1) is 0 Å². The second-order valence-corrected chi connectivity index (χ2v) is 6.15. The van der Waals surface area contributed by atoms with E-state index in [9.17, 15) is 4.79 Å². The predicted molar refractivity (Wildman–Crippen MR) is 93.3 cm³/mol. The minimum atomic E-state index is -0.119. The van der Waals surface area contributed by atoms with Crippen LogP contribution in [0.15, 0.2) is 23.9 Å². The zero-order valence-electron chi connectivity index (χ0n) is 14.3. The van der Waals surface area contributed by atoms with Gasteiger partial charge >= 0.3 is 0 Å². The minimum Gasteiger partial charge on any atom is -0.481 e. The number of benzene rings is 1. The monoisotopic (exact) mass is 332 g/mol. The topological polar surface area (TPSA) is 44.1 Å². The fourth-order valence-corrected chi connectivity index (χ4v) is 2.95. The van der Waals surface area contributed by atoms with Gasteiger partial charge in [0, 0.05) is 17.6 Å². The lowest BCUT2D eigenvalue weighted by Gasteiger charge is -2.14. The van der Waals surface area contributed by atoms with Crippen molar-refractivity contribution in [3.63, 3.8) is 0 Å². The van der Waals surface area contributed by atoms with E-state index in [1.165, 1.54) is 18.9 Å². The van der Waals surface area contributed by atoms with Gasteiger partial charge in [-0.05, 0) is 56.5 Å². The van der Waals surface area contributed by atoms with Crippen LogP contribution in [0, 0.1) is 6.92 Å².